The Labute approximate surface area is 97.5 Å². The second-order valence-electron chi connectivity index (χ2n) is 6.09. The predicted molar refractivity (Wildman–Crippen MR) is 62.8 cm³/mol. The molecule has 2 N–H and O–H groups in total. The molecule has 0 saturated carbocycles. The minimum Gasteiger partial charge on any atom is -0.459 e. The molecule has 0 aromatic carbocycles. The Morgan fingerprint density at radius 1 is 1.19 bits per heavy atom. The van der Waals surface area contributed by atoms with Crippen molar-refractivity contribution in [1.82, 2.24) is 0 Å². The van der Waals surface area contributed by atoms with Crippen LogP contribution in [0.4, 0.5) is 0 Å². The van der Waals surface area contributed by atoms with Crippen molar-refractivity contribution in [3.05, 3.63) is 0 Å². The van der Waals surface area contributed by atoms with Crippen LogP contribution >= 0.6 is 0 Å². The number of hydrogen-bond acceptors (Lipinski definition) is 4. The summed E-state index contributed by atoms with van der Waals surface area (Å²) in [5.74, 6) is -1.45. The van der Waals surface area contributed by atoms with Crippen LogP contribution in [0.15, 0.2) is 0 Å². The van der Waals surface area contributed by atoms with E-state index < -0.39 is 23.5 Å². The number of ether oxygens (including phenoxy) is 1. The number of hydrogen-bond donors (Lipinski definition) is 1. The minimum atomic E-state index is -0.903. The van der Waals surface area contributed by atoms with Gasteiger partial charge in [0.15, 0.2) is 0 Å². The van der Waals surface area contributed by atoms with Gasteiger partial charge < -0.3 is 15.3 Å². The van der Waals surface area contributed by atoms with Crippen molar-refractivity contribution >= 4 is 12.3 Å². The Balaban J connectivity index is 4.75. The molecule has 0 bridgehead atoms. The summed E-state index contributed by atoms with van der Waals surface area (Å²) in [6.07, 6.45) is 0.573. The molecule has 0 aliphatic carbocycles. The fourth-order valence-electron chi connectivity index (χ4n) is 1.20. The van der Waals surface area contributed by atoms with E-state index >= 15 is 0 Å². The van der Waals surface area contributed by atoms with E-state index in [9.17, 15) is 9.59 Å². The predicted octanol–water partition coefficient (Wildman–Crippen LogP) is 1.52. The number of carbonyl (C=O) groups is 2. The third-order valence-corrected chi connectivity index (χ3v) is 2.21. The van der Waals surface area contributed by atoms with Gasteiger partial charge in [0.1, 0.15) is 17.8 Å². The molecule has 16 heavy (non-hydrogen) atoms. The van der Waals surface area contributed by atoms with Crippen molar-refractivity contribution in [3.63, 3.8) is 0 Å². The maximum Gasteiger partial charge on any atom is 0.318 e. The van der Waals surface area contributed by atoms with E-state index in [2.05, 4.69) is 0 Å². The van der Waals surface area contributed by atoms with Crippen LogP contribution in [0, 0.1) is 11.3 Å². The molecule has 4 heteroatoms. The van der Waals surface area contributed by atoms with Gasteiger partial charge in [-0.2, -0.15) is 0 Å². The van der Waals surface area contributed by atoms with Crippen LogP contribution in [0.5, 0.6) is 0 Å². The van der Waals surface area contributed by atoms with Gasteiger partial charge in [0.25, 0.3) is 0 Å². The lowest BCUT2D eigenvalue weighted by Crippen LogP contribution is -2.47. The van der Waals surface area contributed by atoms with E-state index in [4.69, 9.17) is 10.5 Å². The average Bonchev–Trinajstić information content (AvgIpc) is 1.99. The maximum atomic E-state index is 11.7. The van der Waals surface area contributed by atoms with Crippen molar-refractivity contribution in [2.75, 3.05) is 0 Å². The number of carbonyl (C=O) groups excluding carboxylic acids is 2. The molecule has 0 fully saturated rings. The second kappa shape index (κ2) is 4.95. The van der Waals surface area contributed by atoms with Crippen LogP contribution < -0.4 is 5.73 Å². The number of nitrogens with two attached hydrogens (primary N) is 1. The summed E-state index contributed by atoms with van der Waals surface area (Å²) in [6, 6.07) is -0.542. The summed E-state index contributed by atoms with van der Waals surface area (Å²) in [7, 11) is 0. The standard InChI is InChI=1S/C12H23NO3/c1-11(2,3)9(13)8(7-14)10(15)16-12(4,5)6/h7-9H,13H2,1-6H3/t8-,9-/m0/s1. The average molecular weight is 229 g/mol. The van der Waals surface area contributed by atoms with E-state index in [1.165, 1.54) is 0 Å². The molecule has 0 heterocycles. The Hall–Kier alpha value is -0.900. The summed E-state index contributed by atoms with van der Waals surface area (Å²) in [6.45, 7) is 10.9. The van der Waals surface area contributed by atoms with E-state index in [1.54, 1.807) is 20.8 Å². The summed E-state index contributed by atoms with van der Waals surface area (Å²) in [5.41, 5.74) is 4.97. The number of esters is 1. The number of aldehydes is 1. The van der Waals surface area contributed by atoms with E-state index in [0.717, 1.165) is 0 Å². The van der Waals surface area contributed by atoms with Gasteiger partial charge in [-0.05, 0) is 26.2 Å². The van der Waals surface area contributed by atoms with Crippen LogP contribution in [0.1, 0.15) is 41.5 Å². The molecule has 0 unspecified atom stereocenters. The van der Waals surface area contributed by atoms with Gasteiger partial charge in [0.05, 0.1) is 0 Å². The first-order chi connectivity index (χ1) is 6.99. The molecule has 0 aliphatic heterocycles. The molecular formula is C12H23NO3. The highest BCUT2D eigenvalue weighted by atomic mass is 16.6. The van der Waals surface area contributed by atoms with Crippen molar-refractivity contribution in [1.29, 1.82) is 0 Å². The van der Waals surface area contributed by atoms with Crippen molar-refractivity contribution < 1.29 is 14.3 Å². The van der Waals surface area contributed by atoms with Gasteiger partial charge in [-0.1, -0.05) is 20.8 Å². The fraction of sp³-hybridized carbons (Fsp3) is 0.833. The number of rotatable bonds is 3. The van der Waals surface area contributed by atoms with Crippen LogP contribution in [0.2, 0.25) is 0 Å². The molecule has 94 valence electrons. The van der Waals surface area contributed by atoms with E-state index in [-0.39, 0.29) is 5.41 Å². The molecule has 4 nitrogen and oxygen atoms in total. The smallest absolute Gasteiger partial charge is 0.318 e. The molecular weight excluding hydrogens is 206 g/mol. The summed E-state index contributed by atoms with van der Waals surface area (Å²) in [5, 5.41) is 0. The zero-order valence-electron chi connectivity index (χ0n) is 11.0. The third-order valence-electron chi connectivity index (χ3n) is 2.21. The second-order valence-corrected chi connectivity index (χ2v) is 6.09. The first kappa shape index (κ1) is 15.1. The normalized spacial score (nSPS) is 16.4. The zero-order chi connectivity index (χ0) is 13.1. The Kier molecular flexibility index (Phi) is 4.68. The topological polar surface area (TPSA) is 69.4 Å². The van der Waals surface area contributed by atoms with Crippen LogP contribution in [0.25, 0.3) is 0 Å². The lowest BCUT2D eigenvalue weighted by molar-refractivity contribution is -0.162. The highest BCUT2D eigenvalue weighted by Crippen LogP contribution is 2.24. The maximum absolute atomic E-state index is 11.7. The molecule has 2 atom stereocenters. The molecule has 0 amide bonds. The monoisotopic (exact) mass is 229 g/mol. The molecule has 0 rings (SSSR count). The van der Waals surface area contributed by atoms with Gasteiger partial charge in [-0.15, -0.1) is 0 Å². The first-order valence-corrected chi connectivity index (χ1v) is 5.43. The molecule has 0 aliphatic rings. The van der Waals surface area contributed by atoms with Crippen LogP contribution in [-0.2, 0) is 14.3 Å². The summed E-state index contributed by atoms with van der Waals surface area (Å²) >= 11 is 0. The largest absolute Gasteiger partial charge is 0.459 e. The molecule has 0 radical (unpaired) electrons. The van der Waals surface area contributed by atoms with Crippen molar-refractivity contribution in [3.8, 4) is 0 Å². The fourth-order valence-corrected chi connectivity index (χ4v) is 1.20. The van der Waals surface area contributed by atoms with Gasteiger partial charge in [0, 0.05) is 6.04 Å². The SMILES string of the molecule is CC(C)(C)OC(=O)[C@@H](C=O)[C@H](N)C(C)(C)C. The minimum absolute atomic E-state index is 0.317. The molecule has 0 saturated heterocycles. The van der Waals surface area contributed by atoms with Crippen molar-refractivity contribution in [2.45, 2.75) is 53.2 Å². The van der Waals surface area contributed by atoms with Crippen LogP contribution in [-0.4, -0.2) is 23.9 Å². The first-order valence-electron chi connectivity index (χ1n) is 5.43. The van der Waals surface area contributed by atoms with Gasteiger partial charge in [0.2, 0.25) is 0 Å². The molecule has 0 aromatic rings. The van der Waals surface area contributed by atoms with E-state index in [1.807, 2.05) is 20.8 Å². The highest BCUT2D eigenvalue weighted by Gasteiger charge is 2.36. The Morgan fingerprint density at radius 3 is 1.88 bits per heavy atom. The molecule has 0 spiro atoms. The molecule has 0 aromatic heterocycles. The lowest BCUT2D eigenvalue weighted by atomic mass is 9.80. The Morgan fingerprint density at radius 2 is 1.62 bits per heavy atom. The zero-order valence-corrected chi connectivity index (χ0v) is 11.0. The Bertz CT molecular complexity index is 260. The lowest BCUT2D eigenvalue weighted by Gasteiger charge is -2.31. The van der Waals surface area contributed by atoms with Crippen molar-refractivity contribution in [2.24, 2.45) is 17.1 Å². The van der Waals surface area contributed by atoms with Gasteiger partial charge >= 0.3 is 5.97 Å². The third kappa shape index (κ3) is 4.75. The highest BCUT2D eigenvalue weighted by molar-refractivity contribution is 5.89. The quantitative estimate of drug-likeness (QED) is 0.452. The van der Waals surface area contributed by atoms with Crippen LogP contribution in [0.3, 0.4) is 0 Å². The summed E-state index contributed by atoms with van der Waals surface area (Å²) < 4.78 is 5.16. The van der Waals surface area contributed by atoms with E-state index in [0.29, 0.717) is 6.29 Å². The van der Waals surface area contributed by atoms with Gasteiger partial charge in [-0.3, -0.25) is 4.79 Å². The van der Waals surface area contributed by atoms with Gasteiger partial charge in [-0.25, -0.2) is 0 Å². The summed E-state index contributed by atoms with van der Waals surface area (Å²) in [4.78, 5) is 22.7.